The lowest BCUT2D eigenvalue weighted by molar-refractivity contribution is 0.620. The van der Waals surface area contributed by atoms with Crippen LogP contribution in [0.5, 0.6) is 0 Å². The van der Waals surface area contributed by atoms with E-state index in [0.29, 0.717) is 11.5 Å². The SMILES string of the molecule is c1ccc(-c2nc3cc4oc5ccc(N(c6ccc7c(c6)oc6ccccc67)c6ccc7c(c6)oc6ccccc67)cc5c4cc3o2)cc1. The molecule has 0 saturated heterocycles. The third-order valence-electron chi connectivity index (χ3n) is 9.48. The average Bonchev–Trinajstić information content (AvgIpc) is 3.91. The Hall–Kier alpha value is -6.79. The summed E-state index contributed by atoms with van der Waals surface area (Å²) >= 11 is 0. The zero-order valence-electron chi connectivity index (χ0n) is 25.9. The van der Waals surface area contributed by atoms with Crippen LogP contribution >= 0.6 is 0 Å². The predicted molar refractivity (Wildman–Crippen MR) is 196 cm³/mol. The normalized spacial score (nSPS) is 12.1. The van der Waals surface area contributed by atoms with E-state index in [0.717, 1.165) is 94.0 Å². The van der Waals surface area contributed by atoms with Gasteiger partial charge in [-0.15, -0.1) is 0 Å². The maximum Gasteiger partial charge on any atom is 0.227 e. The molecule has 0 saturated carbocycles. The van der Waals surface area contributed by atoms with Crippen LogP contribution in [0.25, 0.3) is 88.4 Å². The van der Waals surface area contributed by atoms with Crippen molar-refractivity contribution in [2.75, 3.05) is 4.90 Å². The van der Waals surface area contributed by atoms with E-state index in [1.807, 2.05) is 84.9 Å². The van der Waals surface area contributed by atoms with Gasteiger partial charge in [-0.2, -0.15) is 0 Å². The first kappa shape index (κ1) is 26.3. The van der Waals surface area contributed by atoms with Crippen LogP contribution in [0.4, 0.5) is 17.1 Å². The van der Waals surface area contributed by atoms with E-state index in [4.69, 9.17) is 22.7 Å². The summed E-state index contributed by atoms with van der Waals surface area (Å²) in [6.45, 7) is 0. The summed E-state index contributed by atoms with van der Waals surface area (Å²) in [5, 5.41) is 6.29. The molecule has 0 fully saturated rings. The second kappa shape index (κ2) is 9.86. The fourth-order valence-corrected chi connectivity index (χ4v) is 7.18. The zero-order chi connectivity index (χ0) is 32.1. The number of benzene rings is 7. The molecule has 0 aliphatic heterocycles. The minimum atomic E-state index is 0.585. The van der Waals surface area contributed by atoms with E-state index in [1.54, 1.807) is 0 Å². The highest BCUT2D eigenvalue weighted by atomic mass is 16.4. The van der Waals surface area contributed by atoms with Crippen LogP contribution in [0.15, 0.2) is 163 Å². The van der Waals surface area contributed by atoms with Crippen LogP contribution in [0.2, 0.25) is 0 Å². The third kappa shape index (κ3) is 3.98. The van der Waals surface area contributed by atoms with Gasteiger partial charge >= 0.3 is 0 Å². The lowest BCUT2D eigenvalue weighted by Gasteiger charge is -2.25. The molecular weight excluding hydrogens is 608 g/mol. The Morgan fingerprint density at radius 2 is 0.857 bits per heavy atom. The molecule has 4 heterocycles. The Morgan fingerprint density at radius 1 is 0.347 bits per heavy atom. The first-order valence-corrected chi connectivity index (χ1v) is 16.2. The topological polar surface area (TPSA) is 68.7 Å². The van der Waals surface area contributed by atoms with Gasteiger partial charge < -0.3 is 22.6 Å². The van der Waals surface area contributed by atoms with Crippen molar-refractivity contribution in [1.29, 1.82) is 0 Å². The molecule has 11 rings (SSSR count). The number of para-hydroxylation sites is 2. The van der Waals surface area contributed by atoms with E-state index in [1.165, 1.54) is 0 Å². The second-order valence-electron chi connectivity index (χ2n) is 12.4. The molecule has 6 heteroatoms. The smallest absolute Gasteiger partial charge is 0.227 e. The number of fused-ring (bicyclic) bond motifs is 10. The first-order valence-electron chi connectivity index (χ1n) is 16.2. The highest BCUT2D eigenvalue weighted by Gasteiger charge is 2.20. The monoisotopic (exact) mass is 632 g/mol. The second-order valence-corrected chi connectivity index (χ2v) is 12.4. The minimum Gasteiger partial charge on any atom is -0.456 e. The predicted octanol–water partition coefficient (Wildman–Crippen LogP) is 12.7. The molecule has 0 bridgehead atoms. The van der Waals surface area contributed by atoms with Crippen LogP contribution in [-0.2, 0) is 0 Å². The van der Waals surface area contributed by atoms with E-state index in [9.17, 15) is 0 Å². The van der Waals surface area contributed by atoms with Gasteiger partial charge in [-0.25, -0.2) is 4.98 Å². The van der Waals surface area contributed by atoms with Crippen LogP contribution in [-0.4, -0.2) is 4.98 Å². The van der Waals surface area contributed by atoms with Gasteiger partial charge in [0.2, 0.25) is 5.89 Å². The molecule has 7 aromatic carbocycles. The summed E-state index contributed by atoms with van der Waals surface area (Å²) in [4.78, 5) is 6.99. The van der Waals surface area contributed by atoms with E-state index in [2.05, 4.69) is 65.6 Å². The van der Waals surface area contributed by atoms with Crippen molar-refractivity contribution < 1.29 is 17.7 Å². The fourth-order valence-electron chi connectivity index (χ4n) is 7.18. The van der Waals surface area contributed by atoms with Gasteiger partial charge in [-0.05, 0) is 72.8 Å². The summed E-state index contributed by atoms with van der Waals surface area (Å²) in [6, 6.07) is 49.3. The largest absolute Gasteiger partial charge is 0.456 e. The zero-order valence-corrected chi connectivity index (χ0v) is 25.9. The number of oxazole rings is 1. The van der Waals surface area contributed by atoms with Gasteiger partial charge in [-0.1, -0.05) is 54.6 Å². The van der Waals surface area contributed by atoms with Crippen molar-refractivity contribution in [3.05, 3.63) is 146 Å². The lowest BCUT2D eigenvalue weighted by Crippen LogP contribution is -2.09. The molecule has 0 amide bonds. The van der Waals surface area contributed by atoms with Crippen LogP contribution in [0, 0.1) is 0 Å². The molecule has 0 spiro atoms. The number of aromatic nitrogens is 1. The van der Waals surface area contributed by atoms with Crippen LogP contribution in [0.3, 0.4) is 0 Å². The first-order chi connectivity index (χ1) is 24.2. The number of hydrogen-bond acceptors (Lipinski definition) is 6. The number of hydrogen-bond donors (Lipinski definition) is 0. The van der Waals surface area contributed by atoms with E-state index < -0.39 is 0 Å². The minimum absolute atomic E-state index is 0.585. The Bertz CT molecular complexity index is 2960. The number of furan rings is 3. The van der Waals surface area contributed by atoms with Gasteiger partial charge in [-0.3, -0.25) is 0 Å². The molecular formula is C43H24N2O4. The standard InChI is InChI=1S/C43H24N2O4/c1-2-8-25(9-3-1)43-44-35-24-41-34(23-42(35)49-43)33-20-26(16-19-38(33)48-41)45(27-14-17-31-29-10-4-6-12-36(29)46-39(31)21-27)28-15-18-32-30-11-5-7-13-37(30)47-40(32)22-28/h1-24H. The summed E-state index contributed by atoms with van der Waals surface area (Å²) in [5.74, 6) is 0.585. The Morgan fingerprint density at radius 3 is 1.53 bits per heavy atom. The molecule has 0 radical (unpaired) electrons. The lowest BCUT2D eigenvalue weighted by atomic mass is 10.1. The summed E-state index contributed by atoms with van der Waals surface area (Å²) < 4.78 is 25.3. The highest BCUT2D eigenvalue weighted by Crippen LogP contribution is 2.43. The van der Waals surface area contributed by atoms with E-state index >= 15 is 0 Å². The molecule has 0 atom stereocenters. The van der Waals surface area contributed by atoms with Crippen molar-refractivity contribution in [1.82, 2.24) is 4.98 Å². The molecule has 0 aliphatic rings. The number of nitrogens with zero attached hydrogens (tertiary/aromatic N) is 2. The highest BCUT2D eigenvalue weighted by molar-refractivity contribution is 6.11. The molecule has 11 aromatic rings. The van der Waals surface area contributed by atoms with Crippen molar-refractivity contribution in [3.63, 3.8) is 0 Å². The van der Waals surface area contributed by atoms with Crippen LogP contribution in [0.1, 0.15) is 0 Å². The van der Waals surface area contributed by atoms with Crippen molar-refractivity contribution in [2.24, 2.45) is 0 Å². The molecule has 6 nitrogen and oxygen atoms in total. The molecule has 0 aliphatic carbocycles. The maximum absolute atomic E-state index is 6.37. The summed E-state index contributed by atoms with van der Waals surface area (Å²) in [6.07, 6.45) is 0. The van der Waals surface area contributed by atoms with Gasteiger partial charge in [0, 0.05) is 73.1 Å². The molecule has 0 unspecified atom stereocenters. The van der Waals surface area contributed by atoms with Gasteiger partial charge in [0.05, 0.1) is 0 Å². The third-order valence-corrected chi connectivity index (χ3v) is 9.48. The Balaban J connectivity index is 1.12. The quantitative estimate of drug-likeness (QED) is 0.192. The van der Waals surface area contributed by atoms with Gasteiger partial charge in [0.25, 0.3) is 0 Å². The fraction of sp³-hybridized carbons (Fsp3) is 0. The summed E-state index contributed by atoms with van der Waals surface area (Å²) in [5.41, 5.74) is 10.2. The molecule has 49 heavy (non-hydrogen) atoms. The Labute approximate surface area is 278 Å². The van der Waals surface area contributed by atoms with Crippen molar-refractivity contribution in [2.45, 2.75) is 0 Å². The van der Waals surface area contributed by atoms with Crippen LogP contribution < -0.4 is 4.90 Å². The number of anilines is 3. The molecule has 4 aromatic heterocycles. The molecule has 0 N–H and O–H groups in total. The van der Waals surface area contributed by atoms with E-state index in [-0.39, 0.29) is 0 Å². The average molecular weight is 633 g/mol. The number of rotatable bonds is 4. The van der Waals surface area contributed by atoms with Crippen molar-refractivity contribution >= 4 is 94.0 Å². The Kier molecular flexibility index (Phi) is 5.29. The van der Waals surface area contributed by atoms with Gasteiger partial charge in [0.15, 0.2) is 5.58 Å². The summed E-state index contributed by atoms with van der Waals surface area (Å²) in [7, 11) is 0. The van der Waals surface area contributed by atoms with Crippen molar-refractivity contribution in [3.8, 4) is 11.5 Å². The van der Waals surface area contributed by atoms with Gasteiger partial charge in [0.1, 0.15) is 39.0 Å². The maximum atomic E-state index is 6.37. The molecule has 230 valence electrons.